The van der Waals surface area contributed by atoms with Gasteiger partial charge in [-0.2, -0.15) is 22.1 Å². The number of hydrogen-bond acceptors (Lipinski definition) is 4. The molecule has 2 aliphatic rings. The number of rotatable bonds is 3. The molecule has 8 heteroatoms. The Balaban J connectivity index is 1.85. The summed E-state index contributed by atoms with van der Waals surface area (Å²) in [5, 5.41) is 6.86. The minimum atomic E-state index is -3.42. The average molecular weight is 300 g/mol. The molecule has 1 aromatic heterocycles. The van der Waals surface area contributed by atoms with Gasteiger partial charge in [0.05, 0.1) is 24.9 Å². The zero-order valence-electron chi connectivity index (χ0n) is 11.4. The third-order valence-electron chi connectivity index (χ3n) is 3.93. The Morgan fingerprint density at radius 1 is 1.25 bits per heavy atom. The second kappa shape index (κ2) is 5.80. The summed E-state index contributed by atoms with van der Waals surface area (Å²) in [7, 11) is -3.42. The molecule has 2 aliphatic heterocycles. The van der Waals surface area contributed by atoms with Gasteiger partial charge in [0.25, 0.3) is 10.2 Å². The van der Waals surface area contributed by atoms with Crippen LogP contribution >= 0.6 is 0 Å². The molecule has 3 rings (SSSR count). The van der Waals surface area contributed by atoms with Crippen LogP contribution in [0.4, 0.5) is 0 Å². The molecule has 0 amide bonds. The lowest BCUT2D eigenvalue weighted by atomic mass is 10.0. The van der Waals surface area contributed by atoms with Crippen LogP contribution < -0.4 is 0 Å². The smallest absolute Gasteiger partial charge is 0.282 e. The van der Waals surface area contributed by atoms with Crippen LogP contribution in [-0.4, -0.2) is 60.1 Å². The summed E-state index contributed by atoms with van der Waals surface area (Å²) < 4.78 is 34.0. The van der Waals surface area contributed by atoms with Gasteiger partial charge in [-0.05, 0) is 18.9 Å². The lowest BCUT2D eigenvalue weighted by Crippen LogP contribution is -2.50. The number of nitrogens with zero attached hydrogens (tertiary/aromatic N) is 3. The van der Waals surface area contributed by atoms with Gasteiger partial charge in [-0.25, -0.2) is 0 Å². The van der Waals surface area contributed by atoms with Crippen LogP contribution in [-0.2, 0) is 14.9 Å². The van der Waals surface area contributed by atoms with E-state index in [-0.39, 0.29) is 6.04 Å². The van der Waals surface area contributed by atoms with Gasteiger partial charge in [-0.3, -0.25) is 5.10 Å². The molecule has 3 heterocycles. The third-order valence-corrected chi connectivity index (χ3v) is 5.98. The van der Waals surface area contributed by atoms with Gasteiger partial charge in [0.1, 0.15) is 0 Å². The Morgan fingerprint density at radius 3 is 2.75 bits per heavy atom. The van der Waals surface area contributed by atoms with Crippen molar-refractivity contribution >= 4 is 10.2 Å². The van der Waals surface area contributed by atoms with Crippen molar-refractivity contribution in [3.63, 3.8) is 0 Å². The summed E-state index contributed by atoms with van der Waals surface area (Å²) in [6, 6.07) is 1.73. The first kappa shape index (κ1) is 14.0. The predicted octanol–water partition coefficient (Wildman–Crippen LogP) is 0.514. The summed E-state index contributed by atoms with van der Waals surface area (Å²) >= 11 is 0. The third kappa shape index (κ3) is 2.60. The fraction of sp³-hybridized carbons (Fsp3) is 0.750. The molecule has 0 radical (unpaired) electrons. The quantitative estimate of drug-likeness (QED) is 0.882. The number of hydrogen-bond donors (Lipinski definition) is 1. The van der Waals surface area contributed by atoms with Crippen molar-refractivity contribution in [1.29, 1.82) is 0 Å². The lowest BCUT2D eigenvalue weighted by Gasteiger charge is -2.38. The zero-order valence-corrected chi connectivity index (χ0v) is 12.2. The number of ether oxygens (including phenoxy) is 1. The number of nitrogens with one attached hydrogen (secondary N) is 1. The Bertz CT molecular complexity index is 525. The maximum atomic E-state index is 12.8. The van der Waals surface area contributed by atoms with Gasteiger partial charge in [-0.15, -0.1) is 0 Å². The topological polar surface area (TPSA) is 78.5 Å². The Labute approximate surface area is 119 Å². The van der Waals surface area contributed by atoms with Crippen molar-refractivity contribution < 1.29 is 13.2 Å². The molecule has 0 aromatic carbocycles. The van der Waals surface area contributed by atoms with Crippen LogP contribution in [0.2, 0.25) is 0 Å². The van der Waals surface area contributed by atoms with Crippen LogP contribution in [0.25, 0.3) is 0 Å². The molecule has 20 heavy (non-hydrogen) atoms. The molecule has 0 bridgehead atoms. The van der Waals surface area contributed by atoms with Crippen molar-refractivity contribution in [2.75, 3.05) is 32.8 Å². The maximum absolute atomic E-state index is 12.8. The van der Waals surface area contributed by atoms with E-state index in [0.29, 0.717) is 32.8 Å². The van der Waals surface area contributed by atoms with Gasteiger partial charge in [0, 0.05) is 25.8 Å². The molecule has 0 aliphatic carbocycles. The lowest BCUT2D eigenvalue weighted by molar-refractivity contribution is 0.0681. The molecule has 1 atom stereocenters. The van der Waals surface area contributed by atoms with Crippen LogP contribution in [0.5, 0.6) is 0 Å². The van der Waals surface area contributed by atoms with Gasteiger partial charge >= 0.3 is 0 Å². The average Bonchev–Trinajstić information content (AvgIpc) is 3.02. The maximum Gasteiger partial charge on any atom is 0.282 e. The van der Waals surface area contributed by atoms with Gasteiger partial charge < -0.3 is 4.74 Å². The Morgan fingerprint density at radius 2 is 2.05 bits per heavy atom. The van der Waals surface area contributed by atoms with Crippen LogP contribution in [0, 0.1) is 0 Å². The fourth-order valence-electron chi connectivity index (χ4n) is 2.87. The van der Waals surface area contributed by atoms with Crippen molar-refractivity contribution in [3.05, 3.63) is 18.0 Å². The highest BCUT2D eigenvalue weighted by Crippen LogP contribution is 2.33. The normalized spacial score (nSPS) is 26.7. The highest BCUT2D eigenvalue weighted by atomic mass is 32.2. The van der Waals surface area contributed by atoms with E-state index in [1.54, 1.807) is 10.5 Å². The van der Waals surface area contributed by atoms with Gasteiger partial charge in [0.2, 0.25) is 0 Å². The first-order chi connectivity index (χ1) is 9.69. The van der Waals surface area contributed by atoms with Crippen molar-refractivity contribution in [2.24, 2.45) is 0 Å². The SMILES string of the molecule is O=S(=O)(N1CCOCC1)N1CCCC[C@H]1c1ccn[nH]1. The van der Waals surface area contributed by atoms with E-state index < -0.39 is 10.2 Å². The van der Waals surface area contributed by atoms with Crippen molar-refractivity contribution in [2.45, 2.75) is 25.3 Å². The molecule has 2 saturated heterocycles. The second-order valence-electron chi connectivity index (χ2n) is 5.15. The first-order valence-electron chi connectivity index (χ1n) is 7.03. The minimum Gasteiger partial charge on any atom is -0.379 e. The largest absolute Gasteiger partial charge is 0.379 e. The number of H-pyrrole nitrogens is 1. The summed E-state index contributed by atoms with van der Waals surface area (Å²) in [4.78, 5) is 0. The summed E-state index contributed by atoms with van der Waals surface area (Å²) in [5.41, 5.74) is 0.876. The summed E-state index contributed by atoms with van der Waals surface area (Å²) in [5.74, 6) is 0. The van der Waals surface area contributed by atoms with E-state index in [0.717, 1.165) is 25.0 Å². The summed E-state index contributed by atoms with van der Waals surface area (Å²) in [6.07, 6.45) is 4.46. The van der Waals surface area contributed by atoms with E-state index >= 15 is 0 Å². The molecule has 7 nitrogen and oxygen atoms in total. The van der Waals surface area contributed by atoms with E-state index in [2.05, 4.69) is 10.2 Å². The van der Waals surface area contributed by atoms with Crippen LogP contribution in [0.3, 0.4) is 0 Å². The van der Waals surface area contributed by atoms with Crippen molar-refractivity contribution in [3.8, 4) is 0 Å². The molecular weight excluding hydrogens is 280 g/mol. The standard InChI is InChI=1S/C12H20N4O3S/c17-20(18,15-7-9-19-10-8-15)16-6-2-1-3-12(16)11-4-5-13-14-11/h4-5,12H,1-3,6-10H2,(H,13,14)/t12-/m0/s1. The van der Waals surface area contributed by atoms with Crippen LogP contribution in [0.1, 0.15) is 31.0 Å². The predicted molar refractivity (Wildman–Crippen MR) is 73.2 cm³/mol. The molecule has 2 fully saturated rings. The first-order valence-corrected chi connectivity index (χ1v) is 8.43. The minimum absolute atomic E-state index is 0.126. The molecule has 0 saturated carbocycles. The number of aromatic nitrogens is 2. The Hall–Kier alpha value is -0.960. The highest BCUT2D eigenvalue weighted by molar-refractivity contribution is 7.86. The fourth-order valence-corrected chi connectivity index (χ4v) is 4.68. The number of piperidine rings is 1. The second-order valence-corrected chi connectivity index (χ2v) is 7.03. The molecule has 1 N–H and O–H groups in total. The Kier molecular flexibility index (Phi) is 4.06. The molecule has 0 unspecified atom stereocenters. The van der Waals surface area contributed by atoms with E-state index in [1.807, 2.05) is 6.07 Å². The zero-order chi connectivity index (χ0) is 14.0. The van der Waals surface area contributed by atoms with Crippen LogP contribution in [0.15, 0.2) is 12.3 Å². The van der Waals surface area contributed by atoms with Crippen molar-refractivity contribution in [1.82, 2.24) is 18.8 Å². The van der Waals surface area contributed by atoms with Gasteiger partial charge in [0.15, 0.2) is 0 Å². The number of aromatic amines is 1. The monoisotopic (exact) mass is 300 g/mol. The summed E-state index contributed by atoms with van der Waals surface area (Å²) in [6.45, 7) is 2.40. The van der Waals surface area contributed by atoms with Gasteiger partial charge in [-0.1, -0.05) is 6.42 Å². The highest BCUT2D eigenvalue weighted by Gasteiger charge is 2.38. The van der Waals surface area contributed by atoms with E-state index in [4.69, 9.17) is 4.74 Å². The number of morpholine rings is 1. The van der Waals surface area contributed by atoms with E-state index in [1.165, 1.54) is 4.31 Å². The molecular formula is C12H20N4O3S. The molecule has 0 spiro atoms. The molecule has 112 valence electrons. The molecule has 1 aromatic rings. The van der Waals surface area contributed by atoms with E-state index in [9.17, 15) is 8.42 Å².